The van der Waals surface area contributed by atoms with E-state index in [4.69, 9.17) is 15.0 Å². The smallest absolute Gasteiger partial charge is 0.174 e. The van der Waals surface area contributed by atoms with Gasteiger partial charge in [0.25, 0.3) is 0 Å². The van der Waals surface area contributed by atoms with Gasteiger partial charge in [-0.25, -0.2) is 0 Å². The molecule has 0 aliphatic rings. The molecule has 21 heavy (non-hydrogen) atoms. The molecular weight excluding hydrogens is 264 g/mol. The Balaban J connectivity index is 1.64. The first-order valence-corrected chi connectivity index (χ1v) is 6.78. The van der Waals surface area contributed by atoms with Crippen molar-refractivity contribution < 1.29 is 9.26 Å². The van der Waals surface area contributed by atoms with Crippen molar-refractivity contribution in [3.63, 3.8) is 0 Å². The van der Waals surface area contributed by atoms with Gasteiger partial charge in [-0.05, 0) is 23.3 Å². The van der Waals surface area contributed by atoms with Crippen molar-refractivity contribution in [2.24, 2.45) is 5.73 Å². The van der Waals surface area contributed by atoms with Gasteiger partial charge in [-0.15, -0.1) is 0 Å². The lowest BCUT2D eigenvalue weighted by Gasteiger charge is -2.05. The van der Waals surface area contributed by atoms with Gasteiger partial charge >= 0.3 is 0 Å². The Bertz CT molecular complexity index is 690. The summed E-state index contributed by atoms with van der Waals surface area (Å²) in [6, 6.07) is 20.0. The first kappa shape index (κ1) is 13.4. The molecule has 0 fully saturated rings. The minimum absolute atomic E-state index is 0.345. The van der Waals surface area contributed by atoms with Crippen LogP contribution in [0, 0.1) is 0 Å². The summed E-state index contributed by atoms with van der Waals surface area (Å²) >= 11 is 0. The van der Waals surface area contributed by atoms with Crippen molar-refractivity contribution in [2.45, 2.75) is 13.2 Å². The van der Waals surface area contributed by atoms with E-state index >= 15 is 0 Å². The first-order valence-electron chi connectivity index (χ1n) is 6.78. The van der Waals surface area contributed by atoms with Crippen LogP contribution in [0.5, 0.6) is 5.75 Å². The molecule has 3 rings (SSSR count). The predicted molar refractivity (Wildman–Crippen MR) is 80.6 cm³/mol. The minimum Gasteiger partial charge on any atom is -0.486 e. The molecule has 1 aromatic heterocycles. The number of hydrogen-bond donors (Lipinski definition) is 1. The molecule has 106 valence electrons. The summed E-state index contributed by atoms with van der Waals surface area (Å²) in [5, 5.41) is 3.82. The molecule has 0 spiro atoms. The highest BCUT2D eigenvalue weighted by Crippen LogP contribution is 2.22. The van der Waals surface area contributed by atoms with Gasteiger partial charge in [-0.1, -0.05) is 47.6 Å². The fourth-order valence-corrected chi connectivity index (χ4v) is 2.05. The molecule has 0 unspecified atom stereocenters. The number of ether oxygens (including phenoxy) is 1. The number of benzene rings is 2. The van der Waals surface area contributed by atoms with Gasteiger partial charge in [0.05, 0.1) is 5.69 Å². The Kier molecular flexibility index (Phi) is 3.98. The van der Waals surface area contributed by atoms with Crippen molar-refractivity contribution in [1.82, 2.24) is 5.16 Å². The van der Waals surface area contributed by atoms with Gasteiger partial charge in [0.15, 0.2) is 5.76 Å². The zero-order valence-corrected chi connectivity index (χ0v) is 11.5. The molecule has 4 heteroatoms. The maximum Gasteiger partial charge on any atom is 0.174 e. The van der Waals surface area contributed by atoms with E-state index in [-0.39, 0.29) is 0 Å². The van der Waals surface area contributed by atoms with Crippen LogP contribution in [-0.4, -0.2) is 5.16 Å². The van der Waals surface area contributed by atoms with Crippen molar-refractivity contribution in [3.8, 4) is 16.9 Å². The van der Waals surface area contributed by atoms with Crippen LogP contribution in [0.25, 0.3) is 11.1 Å². The van der Waals surface area contributed by atoms with E-state index in [0.717, 1.165) is 17.0 Å². The molecular formula is C17H16N2O2. The van der Waals surface area contributed by atoms with Crippen LogP contribution in [0.2, 0.25) is 0 Å². The lowest BCUT2D eigenvalue weighted by atomic mass is 10.1. The van der Waals surface area contributed by atoms with Gasteiger partial charge < -0.3 is 15.0 Å². The Morgan fingerprint density at radius 3 is 2.33 bits per heavy atom. The molecule has 0 aliphatic heterocycles. The van der Waals surface area contributed by atoms with Crippen molar-refractivity contribution >= 4 is 0 Å². The predicted octanol–water partition coefficient (Wildman–Crippen LogP) is 3.38. The van der Waals surface area contributed by atoms with E-state index in [1.54, 1.807) is 6.07 Å². The van der Waals surface area contributed by atoms with Crippen LogP contribution in [0.4, 0.5) is 0 Å². The van der Waals surface area contributed by atoms with E-state index in [2.05, 4.69) is 17.3 Å². The summed E-state index contributed by atoms with van der Waals surface area (Å²) in [6.45, 7) is 0.715. The lowest BCUT2D eigenvalue weighted by Crippen LogP contribution is -1.96. The van der Waals surface area contributed by atoms with Gasteiger partial charge in [0.2, 0.25) is 0 Å². The second-order valence-electron chi connectivity index (χ2n) is 4.67. The number of aromatic nitrogens is 1. The van der Waals surface area contributed by atoms with Crippen LogP contribution in [-0.2, 0) is 13.2 Å². The molecule has 0 aliphatic carbocycles. The first-order chi connectivity index (χ1) is 10.3. The Hall–Kier alpha value is -2.59. The summed E-state index contributed by atoms with van der Waals surface area (Å²) in [6.07, 6.45) is 0. The van der Waals surface area contributed by atoms with E-state index in [1.165, 1.54) is 5.56 Å². The minimum atomic E-state index is 0.345. The maximum atomic E-state index is 5.67. The zero-order chi connectivity index (χ0) is 14.5. The zero-order valence-electron chi connectivity index (χ0n) is 11.5. The molecule has 0 atom stereocenters. The van der Waals surface area contributed by atoms with Crippen molar-refractivity contribution in [3.05, 3.63) is 72.1 Å². The van der Waals surface area contributed by atoms with Crippen molar-refractivity contribution in [2.75, 3.05) is 0 Å². The number of nitrogens with zero attached hydrogens (tertiary/aromatic N) is 1. The Morgan fingerprint density at radius 1 is 0.952 bits per heavy atom. The maximum absolute atomic E-state index is 5.67. The highest BCUT2D eigenvalue weighted by atomic mass is 16.5. The van der Waals surface area contributed by atoms with E-state index in [0.29, 0.717) is 18.9 Å². The molecule has 0 radical (unpaired) electrons. The lowest BCUT2D eigenvalue weighted by molar-refractivity contribution is 0.248. The monoisotopic (exact) mass is 280 g/mol. The van der Waals surface area contributed by atoms with Gasteiger partial charge in [0, 0.05) is 12.6 Å². The quantitative estimate of drug-likeness (QED) is 0.778. The normalized spacial score (nSPS) is 10.5. The molecule has 2 aromatic carbocycles. The second-order valence-corrected chi connectivity index (χ2v) is 4.67. The fraction of sp³-hybridized carbons (Fsp3) is 0.118. The van der Waals surface area contributed by atoms with Crippen molar-refractivity contribution in [1.29, 1.82) is 0 Å². The standard InChI is InChI=1S/C17H16N2O2/c18-11-15-10-17(21-19-15)12-20-16-8-6-14(7-9-16)13-4-2-1-3-5-13/h1-10H,11-12,18H2. The van der Waals surface area contributed by atoms with Gasteiger partial charge in [0.1, 0.15) is 12.4 Å². The Morgan fingerprint density at radius 2 is 1.67 bits per heavy atom. The van der Waals surface area contributed by atoms with Gasteiger partial charge in [-0.2, -0.15) is 0 Å². The Labute approximate surface area is 123 Å². The molecule has 3 aromatic rings. The van der Waals surface area contributed by atoms with Crippen LogP contribution in [0.3, 0.4) is 0 Å². The third-order valence-corrected chi connectivity index (χ3v) is 3.16. The van der Waals surface area contributed by atoms with Crippen LogP contribution in [0.15, 0.2) is 65.2 Å². The molecule has 2 N–H and O–H groups in total. The topological polar surface area (TPSA) is 61.3 Å². The van der Waals surface area contributed by atoms with Crippen LogP contribution < -0.4 is 10.5 Å². The number of hydrogen-bond acceptors (Lipinski definition) is 4. The molecule has 0 saturated heterocycles. The highest BCUT2D eigenvalue weighted by molar-refractivity contribution is 5.63. The third-order valence-electron chi connectivity index (χ3n) is 3.16. The fourth-order valence-electron chi connectivity index (χ4n) is 2.05. The summed E-state index contributed by atoms with van der Waals surface area (Å²) in [5.41, 5.74) is 8.56. The van der Waals surface area contributed by atoms with E-state index in [1.807, 2.05) is 42.5 Å². The second kappa shape index (κ2) is 6.24. The summed E-state index contributed by atoms with van der Waals surface area (Å²) in [4.78, 5) is 0. The molecule has 0 amide bonds. The average molecular weight is 280 g/mol. The molecule has 0 bridgehead atoms. The average Bonchev–Trinajstić information content (AvgIpc) is 3.02. The highest BCUT2D eigenvalue weighted by Gasteiger charge is 2.04. The number of nitrogens with two attached hydrogens (primary N) is 1. The molecule has 1 heterocycles. The van der Waals surface area contributed by atoms with Crippen LogP contribution in [0.1, 0.15) is 11.5 Å². The summed E-state index contributed by atoms with van der Waals surface area (Å²) < 4.78 is 10.8. The molecule has 4 nitrogen and oxygen atoms in total. The summed E-state index contributed by atoms with van der Waals surface area (Å²) in [5.74, 6) is 1.46. The third kappa shape index (κ3) is 3.30. The van der Waals surface area contributed by atoms with Crippen LogP contribution >= 0.6 is 0 Å². The van der Waals surface area contributed by atoms with E-state index < -0.39 is 0 Å². The van der Waals surface area contributed by atoms with Gasteiger partial charge in [-0.3, -0.25) is 0 Å². The molecule has 0 saturated carbocycles. The largest absolute Gasteiger partial charge is 0.486 e. The van der Waals surface area contributed by atoms with E-state index in [9.17, 15) is 0 Å². The number of rotatable bonds is 5. The summed E-state index contributed by atoms with van der Waals surface area (Å²) in [7, 11) is 0. The SMILES string of the molecule is NCc1cc(COc2ccc(-c3ccccc3)cc2)on1.